The number of para-hydroxylation sites is 3. The van der Waals surface area contributed by atoms with Gasteiger partial charge >= 0.3 is 0 Å². The molecule has 51 heavy (non-hydrogen) atoms. The number of aromatic nitrogens is 1. The fourth-order valence-corrected chi connectivity index (χ4v) is 6.71. The molecule has 2 N–H and O–H groups in total. The average Bonchev–Trinajstić information content (AvgIpc) is 3.55. The molecule has 0 fully saturated rings. The number of rotatable bonds is 15. The molecule has 5 aromatic rings. The molecular weight excluding hydrogens is 659 g/mol. The first-order chi connectivity index (χ1) is 24.4. The highest BCUT2D eigenvalue weighted by Crippen LogP contribution is 2.45. The predicted octanol–water partition coefficient (Wildman–Crippen LogP) is 10.2. The molecule has 1 heterocycles. The van der Waals surface area contributed by atoms with Crippen molar-refractivity contribution in [3.05, 3.63) is 114 Å². The molecule has 2 unspecified atom stereocenters. The van der Waals surface area contributed by atoms with Crippen LogP contribution in [0.15, 0.2) is 107 Å². The number of carbonyl (C=O) groups is 2. The van der Waals surface area contributed by atoms with Crippen molar-refractivity contribution in [2.75, 3.05) is 17.7 Å². The number of amides is 2. The van der Waals surface area contributed by atoms with Gasteiger partial charge in [-0.3, -0.25) is 9.59 Å². The lowest BCUT2D eigenvalue weighted by Crippen LogP contribution is -2.39. The number of nitrogens with one attached hydrogen (secondary N) is 2. The summed E-state index contributed by atoms with van der Waals surface area (Å²) in [6, 6.07) is 30.0. The molecule has 0 aliphatic rings. The molecule has 2 atom stereocenters. The number of hydrogen-bond acceptors (Lipinski definition) is 7. The Morgan fingerprint density at radius 1 is 0.784 bits per heavy atom. The van der Waals surface area contributed by atoms with Gasteiger partial charge in [0.1, 0.15) is 11.3 Å². The van der Waals surface area contributed by atoms with Crippen LogP contribution in [0.2, 0.25) is 0 Å². The molecule has 0 spiro atoms. The summed E-state index contributed by atoms with van der Waals surface area (Å²) in [5.41, 5.74) is 5.01. The molecule has 0 radical (unpaired) electrons. The van der Waals surface area contributed by atoms with E-state index in [0.717, 1.165) is 30.2 Å². The van der Waals surface area contributed by atoms with Crippen LogP contribution in [0.3, 0.4) is 0 Å². The monoisotopic (exact) mass is 707 g/mol. The Balaban J connectivity index is 1.45. The minimum Gasteiger partial charge on any atom is -0.480 e. The van der Waals surface area contributed by atoms with E-state index in [9.17, 15) is 9.59 Å². The number of hydrogen-bond donors (Lipinski definition) is 2. The van der Waals surface area contributed by atoms with Gasteiger partial charge in [0, 0.05) is 29.6 Å². The molecule has 4 aromatic carbocycles. The lowest BCUT2D eigenvalue weighted by molar-refractivity contribution is -0.129. The van der Waals surface area contributed by atoms with E-state index < -0.39 is 16.9 Å². The smallest absolute Gasteiger partial charge is 0.272 e. The third-order valence-corrected chi connectivity index (χ3v) is 11.0. The van der Waals surface area contributed by atoms with E-state index in [2.05, 4.69) is 69.3 Å². The van der Waals surface area contributed by atoms with Gasteiger partial charge in [-0.25, -0.2) is 4.98 Å². The molecule has 0 saturated heterocycles. The van der Waals surface area contributed by atoms with Crippen molar-refractivity contribution in [3.8, 4) is 5.75 Å². The summed E-state index contributed by atoms with van der Waals surface area (Å²) in [6.07, 6.45) is 1.61. The summed E-state index contributed by atoms with van der Waals surface area (Å²) in [4.78, 5) is 31.0. The molecule has 1 aromatic heterocycles. The van der Waals surface area contributed by atoms with E-state index >= 15 is 0 Å². The van der Waals surface area contributed by atoms with Crippen molar-refractivity contribution in [3.63, 3.8) is 0 Å². The Morgan fingerprint density at radius 3 is 2.14 bits per heavy atom. The van der Waals surface area contributed by atoms with Crippen molar-refractivity contribution in [1.82, 2.24) is 4.98 Å². The lowest BCUT2D eigenvalue weighted by atomic mass is 9.76. The highest BCUT2D eigenvalue weighted by molar-refractivity contribution is 8.00. The Bertz CT molecular complexity index is 1940. The number of oxazole rings is 1. The molecular formula is C42H49N3O5S. The average molecular weight is 708 g/mol. The zero-order valence-corrected chi connectivity index (χ0v) is 31.6. The van der Waals surface area contributed by atoms with Gasteiger partial charge in [-0.2, -0.15) is 0 Å². The van der Waals surface area contributed by atoms with Crippen LogP contribution in [0.5, 0.6) is 5.75 Å². The highest BCUT2D eigenvalue weighted by atomic mass is 32.2. The fraction of sp³-hybridized carbons (Fsp3) is 0.357. The van der Waals surface area contributed by atoms with Crippen molar-refractivity contribution in [2.24, 2.45) is 0 Å². The zero-order valence-electron chi connectivity index (χ0n) is 30.8. The molecule has 8 nitrogen and oxygen atoms in total. The van der Waals surface area contributed by atoms with E-state index in [-0.39, 0.29) is 22.0 Å². The van der Waals surface area contributed by atoms with E-state index in [4.69, 9.17) is 13.9 Å². The van der Waals surface area contributed by atoms with Crippen LogP contribution in [0.25, 0.3) is 11.1 Å². The van der Waals surface area contributed by atoms with Crippen LogP contribution in [0.1, 0.15) is 84.4 Å². The standard InChI is InChI=1S/C42H49N3O5S/c1-9-34(49-35-25-24-28(40(4,5)10-2)27-32(35)41(6,7)11-3)37(46)43-31-21-17-18-29(26-31)42(48-8,38(47)44-30-19-13-12-14-20-30)51-39-45-33-22-15-16-23-36(33)50-39/h12-27,34H,9-11H2,1-8H3,(H,43,46)(H,44,47). The summed E-state index contributed by atoms with van der Waals surface area (Å²) in [5.74, 6) is -0.0299. The van der Waals surface area contributed by atoms with Gasteiger partial charge < -0.3 is 24.5 Å². The quantitative estimate of drug-likeness (QED) is 0.0825. The molecule has 0 bridgehead atoms. The molecule has 2 amide bonds. The number of fused-ring (bicyclic) bond motifs is 1. The van der Waals surface area contributed by atoms with Crippen LogP contribution in [-0.4, -0.2) is 30.0 Å². The molecule has 0 saturated carbocycles. The summed E-state index contributed by atoms with van der Waals surface area (Å²) in [6.45, 7) is 15.2. The lowest BCUT2D eigenvalue weighted by Gasteiger charge is -2.31. The van der Waals surface area contributed by atoms with Gasteiger partial charge in [-0.1, -0.05) is 103 Å². The maximum absolute atomic E-state index is 14.2. The largest absolute Gasteiger partial charge is 0.480 e. The normalized spacial score (nSPS) is 13.7. The highest BCUT2D eigenvalue weighted by Gasteiger charge is 2.44. The van der Waals surface area contributed by atoms with E-state index in [1.807, 2.05) is 55.5 Å². The van der Waals surface area contributed by atoms with Gasteiger partial charge in [-0.15, -0.1) is 0 Å². The number of anilines is 2. The van der Waals surface area contributed by atoms with Gasteiger partial charge in [0.05, 0.1) is 0 Å². The number of methoxy groups -OCH3 is 1. The Kier molecular flexibility index (Phi) is 11.6. The Hall–Kier alpha value is -4.60. The van der Waals surface area contributed by atoms with Crippen LogP contribution in [0, 0.1) is 0 Å². The van der Waals surface area contributed by atoms with Crippen LogP contribution in [0.4, 0.5) is 11.4 Å². The fourth-order valence-electron chi connectivity index (χ4n) is 5.72. The van der Waals surface area contributed by atoms with Crippen LogP contribution < -0.4 is 15.4 Å². The zero-order chi connectivity index (χ0) is 36.8. The SMILES string of the molecule is CCC(Oc1ccc(C(C)(C)CC)cc1C(C)(C)CC)C(=O)Nc1cccc(C(OC)(Sc2nc3ccccc3o2)C(=O)Nc2ccccc2)c1. The molecule has 0 aliphatic carbocycles. The second-order valence-electron chi connectivity index (χ2n) is 14.0. The first-order valence-electron chi connectivity index (χ1n) is 17.5. The van der Waals surface area contributed by atoms with Gasteiger partial charge in [-0.05, 0) is 89.9 Å². The van der Waals surface area contributed by atoms with Gasteiger partial charge in [0.2, 0.25) is 4.93 Å². The van der Waals surface area contributed by atoms with E-state index in [1.54, 1.807) is 36.4 Å². The van der Waals surface area contributed by atoms with E-state index in [1.165, 1.54) is 12.7 Å². The molecule has 0 aliphatic heterocycles. The predicted molar refractivity (Wildman–Crippen MR) is 206 cm³/mol. The van der Waals surface area contributed by atoms with Crippen molar-refractivity contribution in [1.29, 1.82) is 0 Å². The first kappa shape index (κ1) is 37.7. The number of benzene rings is 4. The molecule has 268 valence electrons. The maximum atomic E-state index is 14.2. The summed E-state index contributed by atoms with van der Waals surface area (Å²) >= 11 is 1.04. The van der Waals surface area contributed by atoms with Crippen LogP contribution >= 0.6 is 11.8 Å². The Labute approximate surface area is 305 Å². The number of carbonyl (C=O) groups excluding carboxylic acids is 2. The topological polar surface area (TPSA) is 103 Å². The number of nitrogens with zero attached hydrogens (tertiary/aromatic N) is 1. The Morgan fingerprint density at radius 2 is 1.47 bits per heavy atom. The summed E-state index contributed by atoms with van der Waals surface area (Å²) < 4.78 is 18.6. The van der Waals surface area contributed by atoms with Crippen molar-refractivity contribution >= 4 is 46.1 Å². The van der Waals surface area contributed by atoms with Crippen molar-refractivity contribution in [2.45, 2.75) is 94.8 Å². The van der Waals surface area contributed by atoms with Crippen molar-refractivity contribution < 1.29 is 23.5 Å². The third kappa shape index (κ3) is 8.32. The summed E-state index contributed by atoms with van der Waals surface area (Å²) in [5, 5.41) is 6.28. The minimum absolute atomic E-state index is 0.0117. The second-order valence-corrected chi connectivity index (χ2v) is 15.1. The molecule has 9 heteroatoms. The van der Waals surface area contributed by atoms with Crippen LogP contribution in [-0.2, 0) is 30.1 Å². The minimum atomic E-state index is -1.63. The number of thioether (sulfide) groups is 1. The van der Waals surface area contributed by atoms with Gasteiger partial charge in [0.15, 0.2) is 11.7 Å². The molecule has 5 rings (SSSR count). The number of ether oxygens (including phenoxy) is 2. The maximum Gasteiger partial charge on any atom is 0.272 e. The summed E-state index contributed by atoms with van der Waals surface area (Å²) in [7, 11) is 1.47. The van der Waals surface area contributed by atoms with Gasteiger partial charge in [0.25, 0.3) is 17.0 Å². The second kappa shape index (κ2) is 15.7. The third-order valence-electron chi connectivity index (χ3n) is 9.82. The van der Waals surface area contributed by atoms with E-state index in [0.29, 0.717) is 40.2 Å². The first-order valence-corrected chi connectivity index (χ1v) is 18.4.